The molecule has 0 saturated carbocycles. The van der Waals surface area contributed by atoms with E-state index in [4.69, 9.17) is 13.3 Å². The van der Waals surface area contributed by atoms with Gasteiger partial charge in [-0.05, 0) is 95.6 Å². The monoisotopic (exact) mass is 667 g/mol. The van der Waals surface area contributed by atoms with E-state index in [0.717, 1.165) is 105 Å². The van der Waals surface area contributed by atoms with Crippen LogP contribution in [-0.2, 0) is 0 Å². The van der Waals surface area contributed by atoms with Gasteiger partial charge in [-0.1, -0.05) is 97.1 Å². The van der Waals surface area contributed by atoms with Crippen molar-refractivity contribution in [2.24, 2.45) is 0 Å². The maximum Gasteiger partial charge on any atom is 0.143 e. The summed E-state index contributed by atoms with van der Waals surface area (Å²) in [4.78, 5) is 2.30. The molecule has 0 bridgehead atoms. The van der Waals surface area contributed by atoms with E-state index >= 15 is 0 Å². The van der Waals surface area contributed by atoms with Gasteiger partial charge < -0.3 is 18.2 Å². The van der Waals surface area contributed by atoms with Gasteiger partial charge in [-0.3, -0.25) is 0 Å². The zero-order valence-electron chi connectivity index (χ0n) is 27.9. The van der Waals surface area contributed by atoms with Crippen molar-refractivity contribution in [1.82, 2.24) is 0 Å². The van der Waals surface area contributed by atoms with Crippen LogP contribution in [0.1, 0.15) is 0 Å². The van der Waals surface area contributed by atoms with Crippen LogP contribution < -0.4 is 4.90 Å². The molecule has 0 fully saturated rings. The van der Waals surface area contributed by atoms with E-state index in [1.165, 1.54) is 0 Å². The van der Waals surface area contributed by atoms with E-state index in [-0.39, 0.29) is 0 Å². The predicted octanol–water partition coefficient (Wildman–Crippen LogP) is 14.2. The lowest BCUT2D eigenvalue weighted by atomic mass is 9.99. The van der Waals surface area contributed by atoms with Crippen LogP contribution in [0.15, 0.2) is 189 Å². The van der Waals surface area contributed by atoms with Crippen LogP contribution in [0.2, 0.25) is 0 Å². The van der Waals surface area contributed by atoms with Crippen LogP contribution in [0.3, 0.4) is 0 Å². The molecule has 0 amide bonds. The Labute approximate surface area is 298 Å². The highest BCUT2D eigenvalue weighted by Gasteiger charge is 2.21. The largest absolute Gasteiger partial charge is 0.456 e. The van der Waals surface area contributed by atoms with Crippen LogP contribution in [0.5, 0.6) is 0 Å². The van der Waals surface area contributed by atoms with Gasteiger partial charge in [0.15, 0.2) is 0 Å². The molecule has 11 rings (SSSR count). The predicted molar refractivity (Wildman–Crippen MR) is 214 cm³/mol. The van der Waals surface area contributed by atoms with E-state index in [1.807, 2.05) is 30.3 Å². The van der Waals surface area contributed by atoms with Gasteiger partial charge in [0.1, 0.15) is 33.5 Å². The highest BCUT2D eigenvalue weighted by molar-refractivity contribution is 6.17. The molecule has 0 aliphatic carbocycles. The average molecular weight is 668 g/mol. The molecule has 0 saturated heterocycles. The topological polar surface area (TPSA) is 42.7 Å². The van der Waals surface area contributed by atoms with Crippen molar-refractivity contribution in [2.75, 3.05) is 4.90 Å². The van der Waals surface area contributed by atoms with Crippen molar-refractivity contribution >= 4 is 82.9 Å². The van der Waals surface area contributed by atoms with E-state index in [2.05, 4.69) is 150 Å². The maximum atomic E-state index is 6.72. The molecule has 8 aromatic carbocycles. The van der Waals surface area contributed by atoms with Crippen LogP contribution in [0.4, 0.5) is 17.1 Å². The first kappa shape index (κ1) is 28.8. The van der Waals surface area contributed by atoms with Crippen molar-refractivity contribution < 1.29 is 13.3 Å². The first-order valence-electron chi connectivity index (χ1n) is 17.5. The molecule has 0 spiro atoms. The van der Waals surface area contributed by atoms with Crippen molar-refractivity contribution in [3.05, 3.63) is 176 Å². The Kier molecular flexibility index (Phi) is 6.22. The third-order valence-corrected chi connectivity index (χ3v) is 10.3. The molecule has 0 N–H and O–H groups in total. The highest BCUT2D eigenvalue weighted by Crippen LogP contribution is 2.45. The van der Waals surface area contributed by atoms with Crippen molar-refractivity contribution in [3.8, 4) is 22.3 Å². The molecule has 244 valence electrons. The first-order valence-corrected chi connectivity index (χ1v) is 17.5. The van der Waals surface area contributed by atoms with Crippen LogP contribution >= 0.6 is 0 Å². The summed E-state index contributed by atoms with van der Waals surface area (Å²) < 4.78 is 19.4. The summed E-state index contributed by atoms with van der Waals surface area (Å²) in [6.07, 6.45) is 0. The highest BCUT2D eigenvalue weighted by atomic mass is 16.3. The maximum absolute atomic E-state index is 6.72. The number of benzene rings is 8. The van der Waals surface area contributed by atoms with Crippen LogP contribution in [0, 0.1) is 0 Å². The summed E-state index contributed by atoms with van der Waals surface area (Å²) >= 11 is 0. The van der Waals surface area contributed by atoms with Gasteiger partial charge >= 0.3 is 0 Å². The Morgan fingerprint density at radius 3 is 1.67 bits per heavy atom. The Bertz CT molecular complexity index is 3090. The van der Waals surface area contributed by atoms with Crippen LogP contribution in [0.25, 0.3) is 88.1 Å². The zero-order chi connectivity index (χ0) is 34.2. The molecule has 52 heavy (non-hydrogen) atoms. The number of rotatable bonds is 5. The lowest BCUT2D eigenvalue weighted by Gasteiger charge is -2.26. The Morgan fingerprint density at radius 2 is 0.885 bits per heavy atom. The summed E-state index contributed by atoms with van der Waals surface area (Å²) in [6, 6.07) is 61.2. The molecule has 0 unspecified atom stereocenters. The number of fused-ring (bicyclic) bond motifs is 9. The third-order valence-electron chi connectivity index (χ3n) is 10.3. The second-order valence-electron chi connectivity index (χ2n) is 13.3. The molecule has 3 aromatic heterocycles. The molecular formula is C48H29NO3. The smallest absolute Gasteiger partial charge is 0.143 e. The SMILES string of the molecule is c1ccc(N(c2ccccc2)c2cccc3oc4c(-c5ccc6c(c5)oc5ccc(-c7ccc8c(c7)oc7ccccc78)cc56)cccc4c23)cc1. The van der Waals surface area contributed by atoms with E-state index in [0.29, 0.717) is 0 Å². The molecule has 11 aromatic rings. The fraction of sp³-hybridized carbons (Fsp3) is 0. The minimum atomic E-state index is 0.838. The molecule has 0 aliphatic heterocycles. The molecular weight excluding hydrogens is 639 g/mol. The number of nitrogens with zero attached hydrogens (tertiary/aromatic N) is 1. The Hall–Kier alpha value is -7.04. The van der Waals surface area contributed by atoms with E-state index in [1.54, 1.807) is 0 Å². The van der Waals surface area contributed by atoms with E-state index in [9.17, 15) is 0 Å². The van der Waals surface area contributed by atoms with Gasteiger partial charge in [-0.15, -0.1) is 0 Å². The molecule has 0 atom stereocenters. The Morgan fingerprint density at radius 1 is 0.327 bits per heavy atom. The molecule has 4 heteroatoms. The average Bonchev–Trinajstić information content (AvgIpc) is 3.89. The Balaban J connectivity index is 1.02. The number of hydrogen-bond acceptors (Lipinski definition) is 4. The van der Waals surface area contributed by atoms with Crippen LogP contribution in [-0.4, -0.2) is 0 Å². The van der Waals surface area contributed by atoms with Gasteiger partial charge in [0.05, 0.1) is 11.1 Å². The molecule has 0 radical (unpaired) electrons. The number of hydrogen-bond donors (Lipinski definition) is 0. The lowest BCUT2D eigenvalue weighted by molar-refractivity contribution is 0.668. The number of para-hydroxylation sites is 4. The molecule has 0 aliphatic rings. The summed E-state index contributed by atoms with van der Waals surface area (Å²) in [5, 5.41) is 6.56. The van der Waals surface area contributed by atoms with Crippen molar-refractivity contribution in [1.29, 1.82) is 0 Å². The summed E-state index contributed by atoms with van der Waals surface area (Å²) in [6.45, 7) is 0. The molecule has 4 nitrogen and oxygen atoms in total. The second-order valence-corrected chi connectivity index (χ2v) is 13.3. The van der Waals surface area contributed by atoms with Crippen molar-refractivity contribution in [3.63, 3.8) is 0 Å². The van der Waals surface area contributed by atoms with Gasteiger partial charge in [-0.2, -0.15) is 0 Å². The van der Waals surface area contributed by atoms with Gasteiger partial charge in [0, 0.05) is 43.9 Å². The summed E-state index contributed by atoms with van der Waals surface area (Å²) in [7, 11) is 0. The number of anilines is 3. The molecule has 3 heterocycles. The zero-order valence-corrected chi connectivity index (χ0v) is 27.9. The third kappa shape index (κ3) is 4.41. The lowest BCUT2D eigenvalue weighted by Crippen LogP contribution is -2.09. The standard InChI is InChI=1S/C48H29NO3/c1-3-11-33(12-4-1)49(34-13-5-2-6-14-34)41-18-10-20-44-47(41)39-17-9-16-35(48(39)52-44)32-22-25-38-40-27-30(23-26-43(40)51-46(38)29-32)31-21-24-37-36-15-7-8-19-42(36)50-45(37)28-31/h1-29H. The first-order chi connectivity index (χ1) is 25.8. The minimum absolute atomic E-state index is 0.838. The second kappa shape index (κ2) is 11.2. The normalized spacial score (nSPS) is 11.8. The van der Waals surface area contributed by atoms with Gasteiger partial charge in [0.25, 0.3) is 0 Å². The summed E-state index contributed by atoms with van der Waals surface area (Å²) in [5.41, 5.74) is 12.7. The quantitative estimate of drug-likeness (QED) is 0.183. The number of furan rings is 3. The fourth-order valence-corrected chi connectivity index (χ4v) is 7.85. The van der Waals surface area contributed by atoms with Crippen molar-refractivity contribution in [2.45, 2.75) is 0 Å². The minimum Gasteiger partial charge on any atom is -0.456 e. The van der Waals surface area contributed by atoms with E-state index < -0.39 is 0 Å². The van der Waals surface area contributed by atoms with Gasteiger partial charge in [0.2, 0.25) is 0 Å². The van der Waals surface area contributed by atoms with Gasteiger partial charge in [-0.25, -0.2) is 0 Å². The fourth-order valence-electron chi connectivity index (χ4n) is 7.85. The summed E-state index contributed by atoms with van der Waals surface area (Å²) in [5.74, 6) is 0.